The van der Waals surface area contributed by atoms with Crippen molar-refractivity contribution in [3.05, 3.63) is 70.1 Å². The Kier molecular flexibility index (Phi) is 3.47. The Morgan fingerprint density at radius 3 is 2.55 bits per heavy atom. The van der Waals surface area contributed by atoms with Gasteiger partial charge in [0.25, 0.3) is 5.91 Å². The summed E-state index contributed by atoms with van der Waals surface area (Å²) in [5, 5.41) is 0.392. The molecule has 0 saturated heterocycles. The normalized spacial score (nSPS) is 10.6. The molecule has 1 amide bonds. The van der Waals surface area contributed by atoms with E-state index in [1.165, 1.54) is 11.9 Å². The lowest BCUT2D eigenvalue weighted by molar-refractivity contribution is 0.0987. The number of anilines is 1. The van der Waals surface area contributed by atoms with E-state index in [0.29, 0.717) is 16.5 Å². The fraction of sp³-hybridized carbons (Fsp3) is 0.118. The number of nitrogens with zero attached hydrogens (tertiary/aromatic N) is 2. The Morgan fingerprint density at radius 2 is 1.77 bits per heavy atom. The van der Waals surface area contributed by atoms with Crippen LogP contribution in [0, 0.1) is 6.92 Å². The van der Waals surface area contributed by atoms with E-state index in [-0.39, 0.29) is 11.9 Å². The molecule has 0 saturated carbocycles. The number of hydrogen-bond donors (Lipinski definition) is 0. The van der Waals surface area contributed by atoms with Crippen molar-refractivity contribution < 1.29 is 9.21 Å². The van der Waals surface area contributed by atoms with Gasteiger partial charge in [0.15, 0.2) is 0 Å². The van der Waals surface area contributed by atoms with Gasteiger partial charge in [-0.25, -0.2) is 4.79 Å². The molecule has 0 aliphatic carbocycles. The predicted molar refractivity (Wildman–Crippen MR) is 84.2 cm³/mol. The third-order valence-electron chi connectivity index (χ3n) is 3.49. The summed E-state index contributed by atoms with van der Waals surface area (Å²) in [5.41, 5.74) is 1.38. The predicted octanol–water partition coefficient (Wildman–Crippen LogP) is 2.77. The summed E-state index contributed by atoms with van der Waals surface area (Å²) >= 11 is 0. The number of aryl methyl sites for hydroxylation is 1. The van der Waals surface area contributed by atoms with Gasteiger partial charge in [0.1, 0.15) is 0 Å². The lowest BCUT2D eigenvalue weighted by Crippen LogP contribution is -2.28. The summed E-state index contributed by atoms with van der Waals surface area (Å²) in [5.74, 6) is -0.274. The second-order valence-corrected chi connectivity index (χ2v) is 4.98. The molecular weight excluding hydrogens is 280 g/mol. The van der Waals surface area contributed by atoms with Crippen molar-refractivity contribution >= 4 is 22.8 Å². The van der Waals surface area contributed by atoms with E-state index in [4.69, 9.17) is 4.42 Å². The molecule has 0 N–H and O–H groups in total. The summed E-state index contributed by atoms with van der Waals surface area (Å²) in [7, 11) is 1.54. The third kappa shape index (κ3) is 2.37. The minimum atomic E-state index is -0.509. The van der Waals surface area contributed by atoms with Gasteiger partial charge in [-0.15, -0.1) is 0 Å². The molecule has 0 aliphatic rings. The van der Waals surface area contributed by atoms with Crippen LogP contribution in [0.1, 0.15) is 15.9 Å². The van der Waals surface area contributed by atoms with Gasteiger partial charge in [0, 0.05) is 12.6 Å². The molecule has 3 rings (SSSR count). The van der Waals surface area contributed by atoms with E-state index in [9.17, 15) is 9.59 Å². The molecule has 3 aromatic rings. The van der Waals surface area contributed by atoms with Crippen LogP contribution in [0.25, 0.3) is 10.9 Å². The van der Waals surface area contributed by atoms with Crippen molar-refractivity contribution in [3.63, 3.8) is 0 Å². The highest BCUT2D eigenvalue weighted by Gasteiger charge is 2.19. The van der Waals surface area contributed by atoms with Gasteiger partial charge in [-0.05, 0) is 30.7 Å². The number of amides is 1. The lowest BCUT2D eigenvalue weighted by Gasteiger charge is -2.15. The average Bonchev–Trinajstić information content (AvgIpc) is 2.54. The standard InChI is InChI=1S/C17H14N2O3/c1-11-7-3-4-8-12(11)15(20)19(2)17-18-14-10-6-5-9-13(14)16(21)22-17/h3-10H,1-2H3. The first-order chi connectivity index (χ1) is 10.6. The maximum absolute atomic E-state index is 12.5. The second kappa shape index (κ2) is 5.44. The largest absolute Gasteiger partial charge is 0.388 e. The molecule has 22 heavy (non-hydrogen) atoms. The molecule has 5 heteroatoms. The minimum absolute atomic E-state index is 0.0167. The van der Waals surface area contributed by atoms with E-state index in [2.05, 4.69) is 4.98 Å². The summed E-state index contributed by atoms with van der Waals surface area (Å²) in [6, 6.07) is 14.1. The summed E-state index contributed by atoms with van der Waals surface area (Å²) in [4.78, 5) is 30.0. The van der Waals surface area contributed by atoms with Crippen LogP contribution in [0.3, 0.4) is 0 Å². The molecule has 0 unspecified atom stereocenters. The van der Waals surface area contributed by atoms with Crippen molar-refractivity contribution in [2.75, 3.05) is 11.9 Å². The maximum Gasteiger partial charge on any atom is 0.348 e. The monoisotopic (exact) mass is 294 g/mol. The molecule has 1 heterocycles. The molecule has 2 aromatic carbocycles. The number of carbonyl (C=O) groups excluding carboxylic acids is 1. The Bertz CT molecular complexity index is 915. The van der Waals surface area contributed by atoms with Crippen LogP contribution in [0.15, 0.2) is 57.7 Å². The van der Waals surface area contributed by atoms with E-state index in [1.807, 2.05) is 19.1 Å². The first-order valence-electron chi connectivity index (χ1n) is 6.81. The van der Waals surface area contributed by atoms with Gasteiger partial charge in [-0.1, -0.05) is 30.3 Å². The summed E-state index contributed by atoms with van der Waals surface area (Å²) < 4.78 is 5.17. The molecule has 1 aromatic heterocycles. The number of para-hydroxylation sites is 1. The van der Waals surface area contributed by atoms with Crippen molar-refractivity contribution in [1.29, 1.82) is 0 Å². The van der Waals surface area contributed by atoms with Crippen molar-refractivity contribution in [2.24, 2.45) is 0 Å². The van der Waals surface area contributed by atoms with Crippen molar-refractivity contribution in [2.45, 2.75) is 6.92 Å². The number of fused-ring (bicyclic) bond motifs is 1. The van der Waals surface area contributed by atoms with Crippen molar-refractivity contribution in [1.82, 2.24) is 4.98 Å². The van der Waals surface area contributed by atoms with Gasteiger partial charge >= 0.3 is 11.6 Å². The van der Waals surface area contributed by atoms with Gasteiger partial charge < -0.3 is 4.42 Å². The zero-order valence-electron chi connectivity index (χ0n) is 12.2. The molecule has 0 spiro atoms. The Morgan fingerprint density at radius 1 is 1.09 bits per heavy atom. The van der Waals surface area contributed by atoms with E-state index in [0.717, 1.165) is 5.56 Å². The highest BCUT2D eigenvalue weighted by Crippen LogP contribution is 2.17. The average molecular weight is 294 g/mol. The van der Waals surface area contributed by atoms with Gasteiger partial charge in [0.05, 0.1) is 10.9 Å². The van der Waals surface area contributed by atoms with Crippen LogP contribution in [0.4, 0.5) is 6.01 Å². The van der Waals surface area contributed by atoms with Gasteiger partial charge in [0.2, 0.25) is 0 Å². The van der Waals surface area contributed by atoms with E-state index >= 15 is 0 Å². The first-order valence-corrected chi connectivity index (χ1v) is 6.81. The summed E-state index contributed by atoms with van der Waals surface area (Å²) in [6.07, 6.45) is 0. The molecule has 0 bridgehead atoms. The number of rotatable bonds is 2. The number of carbonyl (C=O) groups is 1. The Hall–Kier alpha value is -2.95. The minimum Gasteiger partial charge on any atom is -0.388 e. The fourth-order valence-corrected chi connectivity index (χ4v) is 2.23. The quantitative estimate of drug-likeness (QED) is 0.729. The zero-order chi connectivity index (χ0) is 15.7. The van der Waals surface area contributed by atoms with E-state index < -0.39 is 5.63 Å². The molecule has 0 atom stereocenters. The molecule has 5 nitrogen and oxygen atoms in total. The van der Waals surface area contributed by atoms with Crippen LogP contribution in [0.2, 0.25) is 0 Å². The Labute approximate surface area is 126 Å². The third-order valence-corrected chi connectivity index (χ3v) is 3.49. The lowest BCUT2D eigenvalue weighted by atomic mass is 10.1. The highest BCUT2D eigenvalue weighted by molar-refractivity contribution is 6.05. The fourth-order valence-electron chi connectivity index (χ4n) is 2.23. The van der Waals surface area contributed by atoms with E-state index in [1.54, 1.807) is 36.4 Å². The number of hydrogen-bond acceptors (Lipinski definition) is 4. The number of aromatic nitrogens is 1. The topological polar surface area (TPSA) is 63.4 Å². The molecular formula is C17H14N2O3. The Balaban J connectivity index is 2.06. The SMILES string of the molecule is Cc1ccccc1C(=O)N(C)c1nc2ccccc2c(=O)o1. The molecule has 0 aliphatic heterocycles. The van der Waals surface area contributed by atoms with Crippen LogP contribution in [-0.2, 0) is 0 Å². The smallest absolute Gasteiger partial charge is 0.348 e. The first kappa shape index (κ1) is 14.0. The maximum atomic E-state index is 12.5. The van der Waals surface area contributed by atoms with Crippen LogP contribution in [0.5, 0.6) is 0 Å². The molecule has 110 valence electrons. The van der Waals surface area contributed by atoms with Gasteiger partial charge in [-0.2, -0.15) is 4.98 Å². The zero-order valence-corrected chi connectivity index (χ0v) is 12.2. The van der Waals surface area contributed by atoms with Gasteiger partial charge in [-0.3, -0.25) is 9.69 Å². The highest BCUT2D eigenvalue weighted by atomic mass is 16.4. The molecule has 0 radical (unpaired) electrons. The number of benzene rings is 2. The summed E-state index contributed by atoms with van der Waals surface area (Å²) in [6.45, 7) is 1.85. The van der Waals surface area contributed by atoms with Crippen molar-refractivity contribution in [3.8, 4) is 0 Å². The van der Waals surface area contributed by atoms with Crippen LogP contribution < -0.4 is 10.5 Å². The second-order valence-electron chi connectivity index (χ2n) is 4.98. The molecule has 0 fully saturated rings. The van der Waals surface area contributed by atoms with Crippen LogP contribution in [-0.4, -0.2) is 17.9 Å². The van der Waals surface area contributed by atoms with Crippen LogP contribution >= 0.6 is 0 Å².